The lowest BCUT2D eigenvalue weighted by Gasteiger charge is -1.88. The van der Waals surface area contributed by atoms with E-state index in [0.29, 0.717) is 19.3 Å². The van der Waals surface area contributed by atoms with Crippen LogP contribution in [-0.4, -0.2) is 11.8 Å². The molecule has 0 fully saturated rings. The first kappa shape index (κ1) is 8.56. The minimum atomic E-state index is -0.346. The quantitative estimate of drug-likeness (QED) is 0.339. The average molecular weight is 150 g/mol. The van der Waals surface area contributed by atoms with Crippen LogP contribution in [0.15, 0.2) is 5.18 Å². The highest BCUT2D eigenvalue weighted by Crippen LogP contribution is 1.98. The van der Waals surface area contributed by atoms with E-state index in [9.17, 15) is 9.70 Å². The summed E-state index contributed by atoms with van der Waals surface area (Å²) >= 11 is 5.01. The lowest BCUT2D eigenvalue weighted by Crippen LogP contribution is -1.87. The van der Waals surface area contributed by atoms with Crippen molar-refractivity contribution in [2.24, 2.45) is 5.18 Å². The first-order valence-electron chi connectivity index (χ1n) is 2.75. The Balaban J connectivity index is 2.91. The molecule has 0 aliphatic rings. The smallest absolute Gasteiger partial charge is 0.221 e. The van der Waals surface area contributed by atoms with Gasteiger partial charge in [-0.25, -0.2) is 0 Å². The maximum Gasteiger partial charge on any atom is 0.221 e. The molecule has 9 heavy (non-hydrogen) atoms. The number of halogens is 1. The monoisotopic (exact) mass is 149 g/mol. The van der Waals surface area contributed by atoms with E-state index in [1.54, 1.807) is 0 Å². The summed E-state index contributed by atoms with van der Waals surface area (Å²) in [5.41, 5.74) is 0. The SMILES string of the molecule is O=NCCCCC(=O)Cl. The van der Waals surface area contributed by atoms with Gasteiger partial charge in [-0.1, -0.05) is 5.18 Å². The van der Waals surface area contributed by atoms with Gasteiger partial charge < -0.3 is 0 Å². The largest absolute Gasteiger partial charge is 0.281 e. The molecular formula is C5H8ClNO2. The fourth-order valence-corrected chi connectivity index (χ4v) is 0.574. The van der Waals surface area contributed by atoms with E-state index in [-0.39, 0.29) is 11.8 Å². The van der Waals surface area contributed by atoms with Gasteiger partial charge in [0, 0.05) is 6.42 Å². The van der Waals surface area contributed by atoms with Crippen molar-refractivity contribution >= 4 is 16.8 Å². The Bertz CT molecular complexity index is 105. The van der Waals surface area contributed by atoms with E-state index < -0.39 is 0 Å². The summed E-state index contributed by atoms with van der Waals surface area (Å²) in [4.78, 5) is 19.5. The van der Waals surface area contributed by atoms with Crippen LogP contribution >= 0.6 is 11.6 Å². The molecule has 0 atom stereocenters. The topological polar surface area (TPSA) is 46.5 Å². The van der Waals surface area contributed by atoms with Gasteiger partial charge in [-0.2, -0.15) is 4.91 Å². The van der Waals surface area contributed by atoms with Gasteiger partial charge >= 0.3 is 0 Å². The number of carbonyl (C=O) groups excluding carboxylic acids is 1. The molecule has 0 saturated heterocycles. The van der Waals surface area contributed by atoms with Crippen LogP contribution in [0.3, 0.4) is 0 Å². The fraction of sp³-hybridized carbons (Fsp3) is 0.800. The molecule has 0 aromatic carbocycles. The minimum absolute atomic E-state index is 0.282. The summed E-state index contributed by atoms with van der Waals surface area (Å²) in [7, 11) is 0. The maximum absolute atomic E-state index is 10.1. The fourth-order valence-electron chi connectivity index (χ4n) is 0.440. The minimum Gasteiger partial charge on any atom is -0.281 e. The van der Waals surface area contributed by atoms with Gasteiger partial charge in [-0.05, 0) is 24.4 Å². The molecule has 0 aliphatic heterocycles. The predicted octanol–water partition coefficient (Wildman–Crippen LogP) is 1.69. The zero-order chi connectivity index (χ0) is 7.11. The van der Waals surface area contributed by atoms with Gasteiger partial charge in [-0.3, -0.25) is 4.79 Å². The average Bonchev–Trinajstić information content (AvgIpc) is 1.80. The Hall–Kier alpha value is -0.440. The molecule has 0 radical (unpaired) electrons. The summed E-state index contributed by atoms with van der Waals surface area (Å²) in [6.07, 6.45) is 1.66. The highest BCUT2D eigenvalue weighted by molar-refractivity contribution is 6.63. The van der Waals surface area contributed by atoms with E-state index in [1.807, 2.05) is 0 Å². The second-order valence-corrected chi connectivity index (χ2v) is 2.09. The van der Waals surface area contributed by atoms with Crippen LogP contribution in [-0.2, 0) is 4.79 Å². The van der Waals surface area contributed by atoms with Crippen molar-refractivity contribution in [3.63, 3.8) is 0 Å². The van der Waals surface area contributed by atoms with E-state index in [4.69, 9.17) is 11.6 Å². The van der Waals surface area contributed by atoms with Crippen LogP contribution < -0.4 is 0 Å². The molecular weight excluding hydrogens is 142 g/mol. The number of rotatable bonds is 5. The molecule has 0 amide bonds. The second-order valence-electron chi connectivity index (χ2n) is 1.66. The van der Waals surface area contributed by atoms with Gasteiger partial charge in [0.2, 0.25) is 5.24 Å². The van der Waals surface area contributed by atoms with Crippen LogP contribution in [0, 0.1) is 4.91 Å². The molecule has 0 aromatic heterocycles. The molecule has 52 valence electrons. The Morgan fingerprint density at radius 3 is 2.56 bits per heavy atom. The Morgan fingerprint density at radius 2 is 2.11 bits per heavy atom. The zero-order valence-corrected chi connectivity index (χ0v) is 5.73. The molecule has 0 bridgehead atoms. The zero-order valence-electron chi connectivity index (χ0n) is 4.97. The molecule has 4 heteroatoms. The summed E-state index contributed by atoms with van der Waals surface area (Å²) in [6.45, 7) is 0.282. The highest BCUT2D eigenvalue weighted by Gasteiger charge is 1.94. The first-order chi connectivity index (χ1) is 4.27. The second kappa shape index (κ2) is 5.69. The first-order valence-corrected chi connectivity index (χ1v) is 3.12. The molecule has 0 rings (SSSR count). The summed E-state index contributed by atoms with van der Waals surface area (Å²) in [5.74, 6) is 0. The lowest BCUT2D eigenvalue weighted by atomic mass is 10.2. The normalized spacial score (nSPS) is 9.00. The van der Waals surface area contributed by atoms with Crippen molar-refractivity contribution in [3.05, 3.63) is 4.91 Å². The van der Waals surface area contributed by atoms with Crippen LogP contribution in [0.5, 0.6) is 0 Å². The van der Waals surface area contributed by atoms with Crippen molar-refractivity contribution < 1.29 is 4.79 Å². The number of nitrogens with zero attached hydrogens (tertiary/aromatic N) is 1. The number of carbonyl (C=O) groups is 1. The molecule has 0 heterocycles. The van der Waals surface area contributed by atoms with Crippen LogP contribution in [0.4, 0.5) is 0 Å². The lowest BCUT2D eigenvalue weighted by molar-refractivity contribution is -0.111. The highest BCUT2D eigenvalue weighted by atomic mass is 35.5. The van der Waals surface area contributed by atoms with Gasteiger partial charge in [0.05, 0.1) is 6.54 Å². The van der Waals surface area contributed by atoms with E-state index in [0.717, 1.165) is 0 Å². The molecule has 0 N–H and O–H groups in total. The summed E-state index contributed by atoms with van der Waals surface area (Å²) < 4.78 is 0. The van der Waals surface area contributed by atoms with E-state index in [2.05, 4.69) is 5.18 Å². The number of nitroso groups, excluding NO2 is 1. The third-order valence-corrected chi connectivity index (χ3v) is 1.06. The Labute approximate surface area is 58.4 Å². The molecule has 0 saturated carbocycles. The molecule has 0 unspecified atom stereocenters. The third kappa shape index (κ3) is 7.56. The van der Waals surface area contributed by atoms with E-state index in [1.165, 1.54) is 0 Å². The standard InChI is InChI=1S/C5H8ClNO2/c6-5(8)3-1-2-4-7-9/h1-4H2. The van der Waals surface area contributed by atoms with Crippen LogP contribution in [0.1, 0.15) is 19.3 Å². The van der Waals surface area contributed by atoms with Gasteiger partial charge in [0.15, 0.2) is 0 Å². The maximum atomic E-state index is 10.1. The number of unbranched alkanes of at least 4 members (excludes halogenated alkanes) is 1. The van der Waals surface area contributed by atoms with Crippen LogP contribution in [0.25, 0.3) is 0 Å². The van der Waals surface area contributed by atoms with Crippen molar-refractivity contribution in [2.45, 2.75) is 19.3 Å². The molecule has 3 nitrogen and oxygen atoms in total. The van der Waals surface area contributed by atoms with Crippen molar-refractivity contribution in [2.75, 3.05) is 6.54 Å². The van der Waals surface area contributed by atoms with Gasteiger partial charge in [0.25, 0.3) is 0 Å². The van der Waals surface area contributed by atoms with Gasteiger partial charge in [-0.15, -0.1) is 0 Å². The van der Waals surface area contributed by atoms with Crippen LogP contribution in [0.2, 0.25) is 0 Å². The Kier molecular flexibility index (Phi) is 5.41. The van der Waals surface area contributed by atoms with Crippen molar-refractivity contribution in [1.29, 1.82) is 0 Å². The number of hydrogen-bond donors (Lipinski definition) is 0. The van der Waals surface area contributed by atoms with Crippen molar-refractivity contribution in [3.8, 4) is 0 Å². The molecule has 0 spiro atoms. The van der Waals surface area contributed by atoms with E-state index >= 15 is 0 Å². The summed E-state index contributed by atoms with van der Waals surface area (Å²) in [5, 5.41) is 2.28. The Morgan fingerprint density at radius 1 is 1.44 bits per heavy atom. The number of hydrogen-bond acceptors (Lipinski definition) is 3. The molecule has 0 aliphatic carbocycles. The summed E-state index contributed by atoms with van der Waals surface area (Å²) in [6, 6.07) is 0. The van der Waals surface area contributed by atoms with Gasteiger partial charge in [0.1, 0.15) is 0 Å². The third-order valence-electron chi connectivity index (χ3n) is 0.873. The molecule has 0 aromatic rings. The van der Waals surface area contributed by atoms with Crippen molar-refractivity contribution in [1.82, 2.24) is 0 Å². The predicted molar refractivity (Wildman–Crippen MR) is 35.4 cm³/mol.